The molecule has 0 saturated heterocycles. The second-order valence-electron chi connectivity index (χ2n) is 2.87. The molecule has 0 fully saturated rings. The van der Waals surface area contributed by atoms with Crippen molar-refractivity contribution in [2.24, 2.45) is 0 Å². The number of sulfone groups is 1. The van der Waals surface area contributed by atoms with Gasteiger partial charge in [-0.1, -0.05) is 6.08 Å². The highest BCUT2D eigenvalue weighted by atomic mass is 32.2. The molecule has 0 radical (unpaired) electrons. The van der Waals surface area contributed by atoms with Crippen LogP contribution >= 0.6 is 0 Å². The first kappa shape index (κ1) is 14.0. The molecule has 0 amide bonds. The van der Waals surface area contributed by atoms with Gasteiger partial charge in [-0.05, 0) is 6.42 Å². The molecule has 0 aliphatic heterocycles. The molecule has 7 heteroatoms. The van der Waals surface area contributed by atoms with Crippen LogP contribution in [0.25, 0.3) is 0 Å². The molecule has 0 aliphatic carbocycles. The van der Waals surface area contributed by atoms with E-state index >= 15 is 0 Å². The summed E-state index contributed by atoms with van der Waals surface area (Å²) in [5.74, 6) is -1.05. The van der Waals surface area contributed by atoms with Crippen molar-refractivity contribution >= 4 is 9.84 Å². The summed E-state index contributed by atoms with van der Waals surface area (Å²) in [4.78, 5) is 0. The van der Waals surface area contributed by atoms with Gasteiger partial charge >= 0.3 is 6.18 Å². The molecule has 0 rings (SSSR count). The van der Waals surface area contributed by atoms with E-state index in [1.54, 1.807) is 0 Å². The Bertz CT molecular complexity index is 353. The summed E-state index contributed by atoms with van der Waals surface area (Å²) < 4.78 is 57.8. The zero-order valence-electron chi connectivity index (χ0n) is 7.79. The van der Waals surface area contributed by atoms with Crippen LogP contribution in [-0.4, -0.2) is 25.6 Å². The zero-order valence-corrected chi connectivity index (χ0v) is 8.61. The molecular weight excluding hydrogens is 231 g/mol. The molecule has 3 nitrogen and oxygen atoms in total. The lowest BCUT2D eigenvalue weighted by Gasteiger charge is -2.10. The van der Waals surface area contributed by atoms with Crippen LogP contribution in [0, 0.1) is 11.3 Å². The van der Waals surface area contributed by atoms with Gasteiger partial charge in [-0.2, -0.15) is 18.4 Å². The molecule has 1 atom stereocenters. The average molecular weight is 241 g/mol. The van der Waals surface area contributed by atoms with E-state index < -0.39 is 33.4 Å². The standard InChI is InChI=1S/C8H10F3NO2S/c1-2-3-7(6-12)15(13,14)5-4-8(9,10)11/h2,7H,1,3-5H2. The molecule has 0 heterocycles. The third-order valence-electron chi connectivity index (χ3n) is 1.63. The summed E-state index contributed by atoms with van der Waals surface area (Å²) in [5, 5.41) is 7.03. The second-order valence-corrected chi connectivity index (χ2v) is 5.18. The normalized spacial score (nSPS) is 14.3. The lowest BCUT2D eigenvalue weighted by atomic mass is 10.3. The molecule has 0 aromatic heterocycles. The van der Waals surface area contributed by atoms with Gasteiger partial charge in [-0.25, -0.2) is 8.42 Å². The minimum Gasteiger partial charge on any atom is -0.227 e. The van der Waals surface area contributed by atoms with Gasteiger partial charge in [0.15, 0.2) is 15.1 Å². The van der Waals surface area contributed by atoms with Crippen molar-refractivity contribution in [1.82, 2.24) is 0 Å². The highest BCUT2D eigenvalue weighted by Gasteiger charge is 2.33. The number of halogens is 3. The van der Waals surface area contributed by atoms with E-state index in [1.807, 2.05) is 0 Å². The first-order valence-electron chi connectivity index (χ1n) is 4.02. The van der Waals surface area contributed by atoms with E-state index in [9.17, 15) is 21.6 Å². The molecule has 0 saturated carbocycles. The number of allylic oxidation sites excluding steroid dienone is 1. The van der Waals surface area contributed by atoms with E-state index in [2.05, 4.69) is 6.58 Å². The molecule has 1 unspecified atom stereocenters. The molecule has 0 bridgehead atoms. The number of hydrogen-bond acceptors (Lipinski definition) is 3. The maximum absolute atomic E-state index is 11.8. The summed E-state index contributed by atoms with van der Waals surface area (Å²) in [7, 11) is -4.02. The molecule has 15 heavy (non-hydrogen) atoms. The Labute approximate surface area is 86.1 Å². The van der Waals surface area contributed by atoms with E-state index in [1.165, 1.54) is 12.1 Å². The van der Waals surface area contributed by atoms with Crippen LogP contribution in [0.5, 0.6) is 0 Å². The predicted octanol–water partition coefficient (Wildman–Crippen LogP) is 1.82. The lowest BCUT2D eigenvalue weighted by molar-refractivity contribution is -0.129. The molecule has 0 aromatic rings. The van der Waals surface area contributed by atoms with Crippen LogP contribution in [0.15, 0.2) is 12.7 Å². The van der Waals surface area contributed by atoms with Gasteiger partial charge in [-0.3, -0.25) is 0 Å². The Morgan fingerprint density at radius 1 is 1.47 bits per heavy atom. The minimum absolute atomic E-state index is 0.156. The third-order valence-corrected chi connectivity index (χ3v) is 3.57. The monoisotopic (exact) mass is 241 g/mol. The number of nitrogens with zero attached hydrogens (tertiary/aromatic N) is 1. The van der Waals surface area contributed by atoms with Crippen molar-refractivity contribution < 1.29 is 21.6 Å². The topological polar surface area (TPSA) is 57.9 Å². The van der Waals surface area contributed by atoms with Crippen molar-refractivity contribution in [3.63, 3.8) is 0 Å². The smallest absolute Gasteiger partial charge is 0.227 e. The Hall–Kier alpha value is -1.03. The van der Waals surface area contributed by atoms with Crippen LogP contribution in [0.2, 0.25) is 0 Å². The Morgan fingerprint density at radius 3 is 2.33 bits per heavy atom. The third kappa shape index (κ3) is 5.42. The van der Waals surface area contributed by atoms with Gasteiger partial charge in [0.25, 0.3) is 0 Å². The molecule has 0 aromatic carbocycles. The summed E-state index contributed by atoms with van der Waals surface area (Å²) in [6, 6.07) is 1.45. The molecular formula is C8H10F3NO2S. The first-order chi connectivity index (χ1) is 6.73. The van der Waals surface area contributed by atoms with Crippen molar-refractivity contribution in [1.29, 1.82) is 5.26 Å². The van der Waals surface area contributed by atoms with Crippen LogP contribution < -0.4 is 0 Å². The second kappa shape index (κ2) is 5.16. The maximum Gasteiger partial charge on any atom is 0.390 e. The SMILES string of the molecule is C=CCC(C#N)S(=O)(=O)CCC(F)(F)F. The van der Waals surface area contributed by atoms with Crippen molar-refractivity contribution in [2.75, 3.05) is 5.75 Å². The zero-order chi connectivity index (χ0) is 12.1. The molecule has 0 spiro atoms. The van der Waals surface area contributed by atoms with Crippen molar-refractivity contribution in [3.05, 3.63) is 12.7 Å². The quantitative estimate of drug-likeness (QED) is 0.690. The number of hydrogen-bond donors (Lipinski definition) is 0. The highest BCUT2D eigenvalue weighted by molar-refractivity contribution is 7.92. The van der Waals surface area contributed by atoms with E-state index in [0.717, 1.165) is 0 Å². The Balaban J connectivity index is 4.55. The van der Waals surface area contributed by atoms with E-state index in [0.29, 0.717) is 0 Å². The van der Waals surface area contributed by atoms with Crippen LogP contribution in [0.4, 0.5) is 13.2 Å². The predicted molar refractivity (Wildman–Crippen MR) is 48.7 cm³/mol. The number of rotatable bonds is 5. The van der Waals surface area contributed by atoms with E-state index in [-0.39, 0.29) is 6.42 Å². The van der Waals surface area contributed by atoms with Gasteiger partial charge in [0.2, 0.25) is 0 Å². The summed E-state index contributed by atoms with van der Waals surface area (Å²) >= 11 is 0. The fourth-order valence-electron chi connectivity index (χ4n) is 0.831. The average Bonchev–Trinajstić information content (AvgIpc) is 2.10. The Kier molecular flexibility index (Phi) is 4.81. The van der Waals surface area contributed by atoms with E-state index in [4.69, 9.17) is 5.26 Å². The highest BCUT2D eigenvalue weighted by Crippen LogP contribution is 2.21. The van der Waals surface area contributed by atoms with Crippen molar-refractivity contribution in [2.45, 2.75) is 24.3 Å². The summed E-state index contributed by atoms with van der Waals surface area (Å²) in [6.45, 7) is 3.23. The van der Waals surface area contributed by atoms with Gasteiger partial charge in [0.1, 0.15) is 0 Å². The maximum atomic E-state index is 11.8. The fraction of sp³-hybridized carbons (Fsp3) is 0.625. The number of nitriles is 1. The first-order valence-corrected chi connectivity index (χ1v) is 5.73. The summed E-state index contributed by atoms with van der Waals surface area (Å²) in [6.07, 6.45) is -4.92. The van der Waals surface area contributed by atoms with Gasteiger partial charge in [0, 0.05) is 0 Å². The van der Waals surface area contributed by atoms with Gasteiger partial charge in [0.05, 0.1) is 18.2 Å². The van der Waals surface area contributed by atoms with Gasteiger partial charge < -0.3 is 0 Å². The van der Waals surface area contributed by atoms with Crippen molar-refractivity contribution in [3.8, 4) is 6.07 Å². The Morgan fingerprint density at radius 2 is 2.00 bits per heavy atom. The van der Waals surface area contributed by atoms with Crippen LogP contribution in [-0.2, 0) is 9.84 Å². The number of alkyl halides is 3. The minimum atomic E-state index is -4.53. The largest absolute Gasteiger partial charge is 0.390 e. The lowest BCUT2D eigenvalue weighted by Crippen LogP contribution is -2.25. The molecule has 0 N–H and O–H groups in total. The van der Waals surface area contributed by atoms with Gasteiger partial charge in [-0.15, -0.1) is 6.58 Å². The summed E-state index contributed by atoms with van der Waals surface area (Å²) in [5.41, 5.74) is 0. The molecule has 0 aliphatic rings. The van der Waals surface area contributed by atoms with Crippen LogP contribution in [0.1, 0.15) is 12.8 Å². The fourth-order valence-corrected chi connectivity index (χ4v) is 2.22. The van der Waals surface area contributed by atoms with Crippen LogP contribution in [0.3, 0.4) is 0 Å². The molecule has 86 valence electrons.